The molecule has 1 fully saturated rings. The third-order valence-electron chi connectivity index (χ3n) is 5.08. The second kappa shape index (κ2) is 6.75. The lowest BCUT2D eigenvalue weighted by Crippen LogP contribution is -2.39. The number of hydrogen-bond acceptors (Lipinski definition) is 4. The van der Waals surface area contributed by atoms with Gasteiger partial charge in [0.1, 0.15) is 12.1 Å². The molecule has 1 saturated heterocycles. The fourth-order valence-electron chi connectivity index (χ4n) is 3.68. The van der Waals surface area contributed by atoms with Crippen LogP contribution in [0, 0.1) is 12.8 Å². The Bertz CT molecular complexity index is 948. The molecule has 1 aromatic heterocycles. The Kier molecular flexibility index (Phi) is 4.29. The van der Waals surface area contributed by atoms with Gasteiger partial charge in [-0.3, -0.25) is 4.79 Å². The smallest absolute Gasteiger partial charge is 0.308 e. The number of aromatic nitrogens is 2. The minimum absolute atomic E-state index is 0.347. The van der Waals surface area contributed by atoms with Crippen LogP contribution in [0.5, 0.6) is 0 Å². The highest BCUT2D eigenvalue weighted by Gasteiger charge is 2.27. The second-order valence-electron chi connectivity index (χ2n) is 6.89. The highest BCUT2D eigenvalue weighted by atomic mass is 16.4. The van der Waals surface area contributed by atoms with Crippen LogP contribution in [0.4, 0.5) is 5.82 Å². The lowest BCUT2D eigenvalue weighted by atomic mass is 9.96. The summed E-state index contributed by atoms with van der Waals surface area (Å²) in [5, 5.41) is 10.4. The Morgan fingerprint density at radius 1 is 1.15 bits per heavy atom. The molecular weight excluding hydrogens is 326 g/mol. The van der Waals surface area contributed by atoms with E-state index in [4.69, 9.17) is 0 Å². The number of hydrogen-bond donors (Lipinski definition) is 1. The number of benzene rings is 2. The van der Waals surface area contributed by atoms with Crippen LogP contribution in [-0.4, -0.2) is 34.1 Å². The second-order valence-corrected chi connectivity index (χ2v) is 6.89. The Labute approximate surface area is 152 Å². The van der Waals surface area contributed by atoms with Crippen molar-refractivity contribution in [1.82, 2.24) is 9.97 Å². The van der Waals surface area contributed by atoms with E-state index in [-0.39, 0.29) is 5.92 Å². The van der Waals surface area contributed by atoms with E-state index in [0.29, 0.717) is 6.54 Å². The first kappa shape index (κ1) is 16.5. The number of aliphatic carboxylic acids is 1. The van der Waals surface area contributed by atoms with Gasteiger partial charge in [-0.25, -0.2) is 9.97 Å². The average molecular weight is 347 g/mol. The third-order valence-corrected chi connectivity index (χ3v) is 5.08. The molecule has 2 heterocycles. The van der Waals surface area contributed by atoms with Gasteiger partial charge in [0.2, 0.25) is 0 Å². The molecule has 26 heavy (non-hydrogen) atoms. The summed E-state index contributed by atoms with van der Waals surface area (Å²) >= 11 is 0. The van der Waals surface area contributed by atoms with E-state index < -0.39 is 5.97 Å². The average Bonchev–Trinajstić information content (AvgIpc) is 2.68. The van der Waals surface area contributed by atoms with Crippen LogP contribution in [0.25, 0.3) is 22.0 Å². The molecule has 4 rings (SSSR count). The van der Waals surface area contributed by atoms with E-state index in [2.05, 4.69) is 52.1 Å². The Morgan fingerprint density at radius 2 is 1.96 bits per heavy atom. The quantitative estimate of drug-likeness (QED) is 0.778. The Balaban J connectivity index is 1.85. The molecule has 0 saturated carbocycles. The van der Waals surface area contributed by atoms with Crippen molar-refractivity contribution in [2.45, 2.75) is 19.8 Å². The summed E-state index contributed by atoms with van der Waals surface area (Å²) in [5.74, 6) is -0.246. The van der Waals surface area contributed by atoms with Crippen molar-refractivity contribution in [2.24, 2.45) is 5.92 Å². The summed E-state index contributed by atoms with van der Waals surface area (Å²) in [7, 11) is 0. The number of carboxylic acid groups (broad SMARTS) is 1. The van der Waals surface area contributed by atoms with Crippen LogP contribution in [0.1, 0.15) is 18.4 Å². The number of carboxylic acids is 1. The van der Waals surface area contributed by atoms with Crippen molar-refractivity contribution in [3.8, 4) is 11.1 Å². The van der Waals surface area contributed by atoms with E-state index >= 15 is 0 Å². The van der Waals surface area contributed by atoms with Gasteiger partial charge >= 0.3 is 5.97 Å². The van der Waals surface area contributed by atoms with E-state index in [0.717, 1.165) is 47.2 Å². The normalized spacial score (nSPS) is 17.4. The minimum atomic E-state index is -0.730. The molecule has 0 amide bonds. The summed E-state index contributed by atoms with van der Waals surface area (Å²) < 4.78 is 0. The summed E-state index contributed by atoms with van der Waals surface area (Å²) in [4.78, 5) is 22.5. The highest BCUT2D eigenvalue weighted by Crippen LogP contribution is 2.35. The molecule has 5 heteroatoms. The molecule has 0 aliphatic carbocycles. The predicted octanol–water partition coefficient (Wildman–Crippen LogP) is 3.91. The summed E-state index contributed by atoms with van der Waals surface area (Å²) in [5.41, 5.74) is 4.29. The third kappa shape index (κ3) is 3.01. The number of nitrogens with zero attached hydrogens (tertiary/aromatic N) is 3. The van der Waals surface area contributed by atoms with Gasteiger partial charge in [-0.15, -0.1) is 0 Å². The SMILES string of the molecule is Cc1ccc(-c2cccc3ncnc(N4CCCC(C(=O)O)C4)c23)cc1. The summed E-state index contributed by atoms with van der Waals surface area (Å²) in [6.45, 7) is 3.38. The molecular formula is C21H21N3O2. The van der Waals surface area contributed by atoms with E-state index in [1.807, 2.05) is 12.1 Å². The topological polar surface area (TPSA) is 66.3 Å². The summed E-state index contributed by atoms with van der Waals surface area (Å²) in [6.07, 6.45) is 3.15. The molecule has 1 unspecified atom stereocenters. The molecule has 1 N–H and O–H groups in total. The van der Waals surface area contributed by atoms with Crippen LogP contribution < -0.4 is 4.90 Å². The van der Waals surface area contributed by atoms with Crippen molar-refractivity contribution >= 4 is 22.7 Å². The summed E-state index contributed by atoms with van der Waals surface area (Å²) in [6, 6.07) is 14.5. The van der Waals surface area contributed by atoms with Gasteiger partial charge in [0.05, 0.1) is 16.8 Å². The maximum atomic E-state index is 11.5. The van der Waals surface area contributed by atoms with Crippen LogP contribution in [0.3, 0.4) is 0 Å². The predicted molar refractivity (Wildman–Crippen MR) is 102 cm³/mol. The zero-order chi connectivity index (χ0) is 18.1. The van der Waals surface area contributed by atoms with Crippen molar-refractivity contribution in [1.29, 1.82) is 0 Å². The van der Waals surface area contributed by atoms with Crippen LogP contribution in [0.2, 0.25) is 0 Å². The molecule has 2 aromatic carbocycles. The molecule has 0 bridgehead atoms. The van der Waals surface area contributed by atoms with Gasteiger partial charge in [-0.1, -0.05) is 42.0 Å². The van der Waals surface area contributed by atoms with Crippen LogP contribution in [-0.2, 0) is 4.79 Å². The monoisotopic (exact) mass is 347 g/mol. The fourth-order valence-corrected chi connectivity index (χ4v) is 3.68. The Morgan fingerprint density at radius 3 is 2.73 bits per heavy atom. The number of carbonyl (C=O) groups is 1. The highest BCUT2D eigenvalue weighted by molar-refractivity contribution is 6.02. The number of aryl methyl sites for hydroxylation is 1. The van der Waals surface area contributed by atoms with Gasteiger partial charge in [-0.2, -0.15) is 0 Å². The number of fused-ring (bicyclic) bond motifs is 1. The van der Waals surface area contributed by atoms with E-state index in [1.165, 1.54) is 5.56 Å². The number of anilines is 1. The molecule has 5 nitrogen and oxygen atoms in total. The maximum absolute atomic E-state index is 11.5. The van der Waals surface area contributed by atoms with Crippen molar-refractivity contribution < 1.29 is 9.90 Å². The van der Waals surface area contributed by atoms with Crippen molar-refractivity contribution in [3.05, 3.63) is 54.4 Å². The first-order chi connectivity index (χ1) is 12.6. The first-order valence-corrected chi connectivity index (χ1v) is 8.92. The van der Waals surface area contributed by atoms with E-state index in [1.54, 1.807) is 6.33 Å². The molecule has 1 aliphatic rings. The lowest BCUT2D eigenvalue weighted by molar-refractivity contribution is -0.141. The standard InChI is InChI=1S/C21H21N3O2/c1-14-7-9-15(10-8-14)17-5-2-6-18-19(17)20(23-13-22-18)24-11-3-4-16(12-24)21(25)26/h2,5-10,13,16H,3-4,11-12H2,1H3,(H,25,26). The molecule has 1 aliphatic heterocycles. The Hall–Kier alpha value is -2.95. The minimum Gasteiger partial charge on any atom is -0.481 e. The van der Waals surface area contributed by atoms with Gasteiger partial charge in [0, 0.05) is 13.1 Å². The van der Waals surface area contributed by atoms with Gasteiger partial charge in [0.15, 0.2) is 0 Å². The van der Waals surface area contributed by atoms with Crippen molar-refractivity contribution in [3.63, 3.8) is 0 Å². The first-order valence-electron chi connectivity index (χ1n) is 8.92. The van der Waals surface area contributed by atoms with E-state index in [9.17, 15) is 9.90 Å². The van der Waals surface area contributed by atoms with Gasteiger partial charge in [-0.05, 0) is 37.0 Å². The van der Waals surface area contributed by atoms with Crippen LogP contribution >= 0.6 is 0 Å². The number of piperidine rings is 1. The zero-order valence-corrected chi connectivity index (χ0v) is 14.7. The fraction of sp³-hybridized carbons (Fsp3) is 0.286. The maximum Gasteiger partial charge on any atom is 0.308 e. The largest absolute Gasteiger partial charge is 0.481 e. The van der Waals surface area contributed by atoms with Crippen LogP contribution in [0.15, 0.2) is 48.8 Å². The van der Waals surface area contributed by atoms with Gasteiger partial charge in [0.25, 0.3) is 0 Å². The zero-order valence-electron chi connectivity index (χ0n) is 14.7. The number of rotatable bonds is 3. The van der Waals surface area contributed by atoms with Crippen molar-refractivity contribution in [2.75, 3.05) is 18.0 Å². The van der Waals surface area contributed by atoms with Gasteiger partial charge < -0.3 is 10.0 Å². The lowest BCUT2D eigenvalue weighted by Gasteiger charge is -2.32. The molecule has 132 valence electrons. The molecule has 3 aromatic rings. The molecule has 0 radical (unpaired) electrons. The molecule has 1 atom stereocenters. The molecule has 0 spiro atoms.